The predicted octanol–water partition coefficient (Wildman–Crippen LogP) is 1.04. The van der Waals surface area contributed by atoms with Crippen LogP contribution in [0, 0.1) is 0 Å². The Morgan fingerprint density at radius 3 is 2.60 bits per heavy atom. The largest absolute Gasteiger partial charge is 0.462 e. The number of hydrogen-bond donors (Lipinski definition) is 2. The zero-order valence-electron chi connectivity index (χ0n) is 14.1. The maximum Gasteiger partial charge on any atom is 0.341 e. The number of esters is 1. The van der Waals surface area contributed by atoms with Crippen LogP contribution in [0.5, 0.6) is 5.75 Å². The van der Waals surface area contributed by atoms with E-state index in [1.165, 1.54) is 6.92 Å². The van der Waals surface area contributed by atoms with E-state index < -0.39 is 17.3 Å². The topological polar surface area (TPSA) is 108 Å². The number of Topliss-reactive ketones (excluding diaryl/α,β-unsaturated/α-hetero) is 1. The molecule has 1 aromatic carbocycles. The molecule has 130 valence electrons. The van der Waals surface area contributed by atoms with Gasteiger partial charge in [0.05, 0.1) is 6.61 Å². The maximum atomic E-state index is 13.0. The van der Waals surface area contributed by atoms with Crippen molar-refractivity contribution in [1.82, 2.24) is 5.32 Å². The Hall–Kier alpha value is -3.09. The highest BCUT2D eigenvalue weighted by atomic mass is 16.5. The first-order valence-corrected chi connectivity index (χ1v) is 7.84. The molecular formula is C18H18N2O5. The third kappa shape index (κ3) is 2.15. The Kier molecular flexibility index (Phi) is 3.87. The third-order valence-electron chi connectivity index (χ3n) is 4.36. The van der Waals surface area contributed by atoms with Crippen LogP contribution >= 0.6 is 0 Å². The molecule has 25 heavy (non-hydrogen) atoms. The van der Waals surface area contributed by atoms with Gasteiger partial charge in [0.25, 0.3) is 0 Å². The molecular weight excluding hydrogens is 324 g/mol. The summed E-state index contributed by atoms with van der Waals surface area (Å²) in [5, 5.41) is 2.66. The average Bonchev–Trinajstić information content (AvgIpc) is 2.79. The number of ether oxygens (including phenoxy) is 2. The van der Waals surface area contributed by atoms with Gasteiger partial charge >= 0.3 is 5.97 Å². The summed E-state index contributed by atoms with van der Waals surface area (Å²) in [7, 11) is 0. The molecule has 0 aliphatic carbocycles. The van der Waals surface area contributed by atoms with E-state index in [4.69, 9.17) is 15.2 Å². The average molecular weight is 342 g/mol. The number of hydrogen-bond acceptors (Lipinski definition) is 6. The Morgan fingerprint density at radius 2 is 1.96 bits per heavy atom. The van der Waals surface area contributed by atoms with Gasteiger partial charge in [-0.1, -0.05) is 18.2 Å². The number of amides is 1. The second-order valence-corrected chi connectivity index (χ2v) is 5.82. The monoisotopic (exact) mass is 342 g/mol. The number of fused-ring (bicyclic) bond motifs is 2. The lowest BCUT2D eigenvalue weighted by Gasteiger charge is -2.36. The molecule has 2 heterocycles. The highest BCUT2D eigenvalue weighted by molar-refractivity contribution is 6.18. The van der Waals surface area contributed by atoms with Gasteiger partial charge in [0.1, 0.15) is 16.7 Å². The number of para-hydroxylation sites is 1. The van der Waals surface area contributed by atoms with Crippen molar-refractivity contribution >= 4 is 17.7 Å². The van der Waals surface area contributed by atoms with Crippen molar-refractivity contribution in [1.29, 1.82) is 0 Å². The van der Waals surface area contributed by atoms with Crippen molar-refractivity contribution in [3.8, 4) is 5.75 Å². The molecule has 7 nitrogen and oxygen atoms in total. The van der Waals surface area contributed by atoms with Crippen molar-refractivity contribution in [2.75, 3.05) is 6.61 Å². The normalized spacial score (nSPS) is 21.8. The van der Waals surface area contributed by atoms with Crippen molar-refractivity contribution in [2.45, 2.75) is 26.2 Å². The van der Waals surface area contributed by atoms with Crippen molar-refractivity contribution in [3.63, 3.8) is 0 Å². The minimum Gasteiger partial charge on any atom is -0.462 e. The first-order valence-electron chi connectivity index (χ1n) is 7.84. The molecule has 0 unspecified atom stereocenters. The van der Waals surface area contributed by atoms with Crippen molar-refractivity contribution < 1.29 is 23.9 Å². The summed E-state index contributed by atoms with van der Waals surface area (Å²) in [6.45, 7) is 4.69. The van der Waals surface area contributed by atoms with Crippen LogP contribution in [0.3, 0.4) is 0 Å². The van der Waals surface area contributed by atoms with Crippen LogP contribution in [0.25, 0.3) is 0 Å². The molecule has 2 aliphatic heterocycles. The fourth-order valence-electron chi connectivity index (χ4n) is 3.56. The molecule has 3 N–H and O–H groups in total. The van der Waals surface area contributed by atoms with E-state index in [0.717, 1.165) is 0 Å². The minimum absolute atomic E-state index is 0.0903. The van der Waals surface area contributed by atoms with E-state index >= 15 is 0 Å². The van der Waals surface area contributed by atoms with E-state index in [9.17, 15) is 14.4 Å². The number of allylic oxidation sites excluding steroid dienone is 1. The maximum absolute atomic E-state index is 13.0. The van der Waals surface area contributed by atoms with Gasteiger partial charge < -0.3 is 20.5 Å². The highest BCUT2D eigenvalue weighted by Crippen LogP contribution is 2.51. The number of benzene rings is 1. The van der Waals surface area contributed by atoms with Crippen LogP contribution in [0.2, 0.25) is 0 Å². The second kappa shape index (κ2) is 5.77. The van der Waals surface area contributed by atoms with Crippen molar-refractivity contribution in [3.05, 3.63) is 52.6 Å². The van der Waals surface area contributed by atoms with Gasteiger partial charge in [0, 0.05) is 16.8 Å². The fourth-order valence-corrected chi connectivity index (χ4v) is 3.56. The van der Waals surface area contributed by atoms with E-state index in [1.54, 1.807) is 38.1 Å². The van der Waals surface area contributed by atoms with Crippen LogP contribution in [0.1, 0.15) is 26.3 Å². The van der Waals surface area contributed by atoms with Gasteiger partial charge in [-0.25, -0.2) is 4.79 Å². The Balaban J connectivity index is 2.42. The SMILES string of the molecule is CCOC(=O)C1=C(N)Oc2ccccc2[C@@]12C(=O)NC(C)=C2C(C)=O. The number of nitrogens with two attached hydrogens (primary N) is 1. The van der Waals surface area contributed by atoms with Gasteiger partial charge in [-0.3, -0.25) is 9.59 Å². The summed E-state index contributed by atoms with van der Waals surface area (Å²) in [5.74, 6) is -1.60. The third-order valence-corrected chi connectivity index (χ3v) is 4.36. The molecule has 1 spiro atoms. The molecule has 7 heteroatoms. The molecule has 1 atom stereocenters. The van der Waals surface area contributed by atoms with Gasteiger partial charge in [-0.05, 0) is 26.8 Å². The highest BCUT2D eigenvalue weighted by Gasteiger charge is 2.60. The molecule has 1 amide bonds. The summed E-state index contributed by atoms with van der Waals surface area (Å²) < 4.78 is 10.6. The molecule has 0 fully saturated rings. The molecule has 0 saturated carbocycles. The van der Waals surface area contributed by atoms with Crippen molar-refractivity contribution in [2.24, 2.45) is 5.73 Å². The number of carbonyl (C=O) groups excluding carboxylic acids is 3. The fraction of sp³-hybridized carbons (Fsp3) is 0.278. The Labute approximate surface area is 144 Å². The summed E-state index contributed by atoms with van der Waals surface area (Å²) in [6, 6.07) is 6.69. The zero-order valence-corrected chi connectivity index (χ0v) is 14.1. The molecule has 0 bridgehead atoms. The van der Waals surface area contributed by atoms with Gasteiger partial charge in [-0.15, -0.1) is 0 Å². The standard InChI is InChI=1S/C18H18N2O5/c1-4-24-16(22)14-15(19)25-12-8-6-5-7-11(12)18(14)13(10(3)21)9(2)20-17(18)23/h5-8H,4,19H2,1-3H3,(H,20,23)/t18-/m0/s1. The molecule has 0 radical (unpaired) electrons. The van der Waals surface area contributed by atoms with Crippen LogP contribution in [-0.4, -0.2) is 24.3 Å². The lowest BCUT2D eigenvalue weighted by atomic mass is 9.66. The summed E-state index contributed by atoms with van der Waals surface area (Å²) in [4.78, 5) is 38.1. The van der Waals surface area contributed by atoms with E-state index in [-0.39, 0.29) is 29.4 Å². The number of ketones is 1. The number of rotatable bonds is 3. The quantitative estimate of drug-likeness (QED) is 0.795. The molecule has 0 saturated heterocycles. The van der Waals surface area contributed by atoms with Crippen LogP contribution < -0.4 is 15.8 Å². The molecule has 3 rings (SSSR count). The van der Waals surface area contributed by atoms with Gasteiger partial charge in [-0.2, -0.15) is 0 Å². The van der Waals surface area contributed by atoms with Crippen LogP contribution in [-0.2, 0) is 24.5 Å². The Morgan fingerprint density at radius 1 is 1.28 bits per heavy atom. The number of nitrogens with one attached hydrogen (secondary N) is 1. The van der Waals surface area contributed by atoms with E-state index in [1.807, 2.05) is 0 Å². The Bertz CT molecular complexity index is 868. The zero-order chi connectivity index (χ0) is 18.4. The summed E-state index contributed by atoms with van der Waals surface area (Å²) in [5.41, 5.74) is 5.07. The minimum atomic E-state index is -1.68. The molecule has 1 aromatic rings. The van der Waals surface area contributed by atoms with E-state index in [0.29, 0.717) is 17.0 Å². The smallest absolute Gasteiger partial charge is 0.341 e. The molecule has 2 aliphatic rings. The van der Waals surface area contributed by atoms with Crippen LogP contribution in [0.4, 0.5) is 0 Å². The number of carbonyl (C=O) groups is 3. The first-order chi connectivity index (χ1) is 11.9. The van der Waals surface area contributed by atoms with Crippen LogP contribution in [0.15, 0.2) is 47.0 Å². The van der Waals surface area contributed by atoms with Gasteiger partial charge in [0.15, 0.2) is 5.78 Å². The second-order valence-electron chi connectivity index (χ2n) is 5.82. The predicted molar refractivity (Wildman–Crippen MR) is 88.1 cm³/mol. The lowest BCUT2D eigenvalue weighted by molar-refractivity contribution is -0.141. The summed E-state index contributed by atoms with van der Waals surface area (Å²) >= 11 is 0. The molecule has 0 aromatic heterocycles. The summed E-state index contributed by atoms with van der Waals surface area (Å²) in [6.07, 6.45) is 0. The van der Waals surface area contributed by atoms with Gasteiger partial charge in [0.2, 0.25) is 11.8 Å². The van der Waals surface area contributed by atoms with E-state index in [2.05, 4.69) is 5.32 Å². The lowest BCUT2D eigenvalue weighted by Crippen LogP contribution is -2.48. The first kappa shape index (κ1) is 16.8.